The Labute approximate surface area is 219 Å². The minimum Gasteiger partial charge on any atom is -0.454 e. The van der Waals surface area contributed by atoms with E-state index in [1.165, 1.54) is 6.07 Å². The zero-order valence-electron chi connectivity index (χ0n) is 21.1. The molecule has 1 aromatic heterocycles. The number of hydrogen-bond acceptors (Lipinski definition) is 5. The minimum absolute atomic E-state index is 0.00178. The molecule has 0 spiro atoms. The van der Waals surface area contributed by atoms with Crippen molar-refractivity contribution in [3.05, 3.63) is 86.9 Å². The van der Waals surface area contributed by atoms with E-state index in [4.69, 9.17) is 14.4 Å². The molecule has 0 aliphatic heterocycles. The van der Waals surface area contributed by atoms with Crippen LogP contribution in [0.3, 0.4) is 0 Å². The second-order valence-electron chi connectivity index (χ2n) is 9.68. The molecule has 0 saturated carbocycles. The van der Waals surface area contributed by atoms with Crippen molar-refractivity contribution in [3.8, 4) is 5.75 Å². The summed E-state index contributed by atoms with van der Waals surface area (Å²) in [7, 11) is -2.95. The highest BCUT2D eigenvalue weighted by atomic mass is 79.9. The third-order valence-electron chi connectivity index (χ3n) is 5.95. The van der Waals surface area contributed by atoms with Crippen molar-refractivity contribution in [1.29, 1.82) is 0 Å². The molecule has 0 saturated heterocycles. The maximum Gasteiger partial charge on any atom is 0.271 e. The third-order valence-corrected chi connectivity index (χ3v) is 10.3. The van der Waals surface area contributed by atoms with Gasteiger partial charge in [-0.25, -0.2) is 4.74 Å². The maximum absolute atomic E-state index is 11.6. The molecule has 188 valence electrons. The SMILES string of the molecule is CCCn1nc2ccccc2c1[P@](=Nc1cc([N+](=O)[O-])ccc1C)(Oc1ccc(Br)cc1)C(C)(C)C. The van der Waals surface area contributed by atoms with Gasteiger partial charge in [-0.1, -0.05) is 67.9 Å². The lowest BCUT2D eigenvalue weighted by molar-refractivity contribution is -0.384. The van der Waals surface area contributed by atoms with Gasteiger partial charge < -0.3 is 4.52 Å². The average Bonchev–Trinajstić information content (AvgIpc) is 3.19. The Morgan fingerprint density at radius 2 is 1.81 bits per heavy atom. The second kappa shape index (κ2) is 10.2. The standard InChI is InChI=1S/C27H30BrN4O3P/c1-6-17-31-26(23-9-7-8-10-24(23)29-31)36(27(3,4)5,35-22-15-12-20(28)13-16-22)30-25-18-21(32(33)34)14-11-19(25)2/h7-16,18H,6,17H2,1-5H3/t36-/m0/s1. The lowest BCUT2D eigenvalue weighted by Crippen LogP contribution is -2.32. The van der Waals surface area contributed by atoms with Crippen LogP contribution in [-0.4, -0.2) is 19.9 Å². The van der Waals surface area contributed by atoms with Crippen molar-refractivity contribution in [2.24, 2.45) is 4.74 Å². The summed E-state index contributed by atoms with van der Waals surface area (Å²) in [5, 5.41) is 17.1. The number of non-ortho nitro benzene ring substituents is 1. The maximum atomic E-state index is 11.6. The monoisotopic (exact) mass is 568 g/mol. The van der Waals surface area contributed by atoms with Crippen LogP contribution in [0.4, 0.5) is 11.4 Å². The molecule has 0 radical (unpaired) electrons. The van der Waals surface area contributed by atoms with Crippen molar-refractivity contribution < 1.29 is 9.45 Å². The largest absolute Gasteiger partial charge is 0.454 e. The molecule has 0 N–H and O–H groups in total. The highest BCUT2D eigenvalue weighted by Crippen LogP contribution is 2.63. The van der Waals surface area contributed by atoms with Gasteiger partial charge in [0.05, 0.1) is 16.1 Å². The van der Waals surface area contributed by atoms with Gasteiger partial charge in [-0.2, -0.15) is 5.10 Å². The van der Waals surface area contributed by atoms with Crippen LogP contribution in [0.15, 0.2) is 75.9 Å². The zero-order chi connectivity index (χ0) is 26.1. The Morgan fingerprint density at radius 3 is 2.44 bits per heavy atom. The van der Waals surface area contributed by atoms with E-state index in [1.807, 2.05) is 54.1 Å². The fourth-order valence-corrected chi connectivity index (χ4v) is 7.70. The van der Waals surface area contributed by atoms with E-state index in [0.717, 1.165) is 32.8 Å². The summed E-state index contributed by atoms with van der Waals surface area (Å²) < 4.78 is 15.4. The number of aryl methyl sites for hydroxylation is 2. The van der Waals surface area contributed by atoms with Gasteiger partial charge in [-0.05, 0) is 49.2 Å². The Morgan fingerprint density at radius 1 is 1.11 bits per heavy atom. The first kappa shape index (κ1) is 26.1. The summed E-state index contributed by atoms with van der Waals surface area (Å²) in [5.41, 5.74) is 3.21. The Balaban J connectivity index is 2.15. The summed E-state index contributed by atoms with van der Waals surface area (Å²) in [6.07, 6.45) is 0.888. The van der Waals surface area contributed by atoms with Gasteiger partial charge in [-0.3, -0.25) is 14.8 Å². The summed E-state index contributed by atoms with van der Waals surface area (Å²) in [6, 6.07) is 20.6. The number of nitrogens with zero attached hydrogens (tertiary/aromatic N) is 4. The van der Waals surface area contributed by atoms with Gasteiger partial charge in [0, 0.05) is 33.7 Å². The van der Waals surface area contributed by atoms with E-state index in [1.54, 1.807) is 12.1 Å². The summed E-state index contributed by atoms with van der Waals surface area (Å²) in [6.45, 7) is 11.1. The predicted molar refractivity (Wildman–Crippen MR) is 151 cm³/mol. The number of rotatable bonds is 7. The van der Waals surface area contributed by atoms with Crippen LogP contribution in [0.1, 0.15) is 39.7 Å². The van der Waals surface area contributed by atoms with Crippen molar-refractivity contribution >= 4 is 50.9 Å². The van der Waals surface area contributed by atoms with Crippen LogP contribution < -0.4 is 9.96 Å². The first-order chi connectivity index (χ1) is 17.1. The topological polar surface area (TPSA) is 82.5 Å². The highest BCUT2D eigenvalue weighted by Gasteiger charge is 2.43. The number of nitro benzene ring substituents is 1. The van der Waals surface area contributed by atoms with Gasteiger partial charge in [0.15, 0.2) is 7.28 Å². The molecule has 0 bridgehead atoms. The number of benzene rings is 3. The van der Waals surface area contributed by atoms with Crippen LogP contribution in [0.2, 0.25) is 0 Å². The molecule has 0 aliphatic carbocycles. The van der Waals surface area contributed by atoms with E-state index < -0.39 is 12.4 Å². The van der Waals surface area contributed by atoms with E-state index in [0.29, 0.717) is 18.0 Å². The van der Waals surface area contributed by atoms with E-state index in [-0.39, 0.29) is 10.6 Å². The smallest absolute Gasteiger partial charge is 0.271 e. The molecule has 4 aromatic rings. The molecule has 9 heteroatoms. The Bertz CT molecular complexity index is 1470. The Kier molecular flexibility index (Phi) is 7.39. The summed E-state index contributed by atoms with van der Waals surface area (Å²) in [5.74, 6) is 0.682. The molecule has 36 heavy (non-hydrogen) atoms. The van der Waals surface area contributed by atoms with Crippen molar-refractivity contribution in [3.63, 3.8) is 0 Å². The first-order valence-electron chi connectivity index (χ1n) is 11.8. The molecule has 1 heterocycles. The van der Waals surface area contributed by atoms with E-state index in [2.05, 4.69) is 49.7 Å². The molecule has 3 aromatic carbocycles. The number of nitro groups is 1. The van der Waals surface area contributed by atoms with Crippen LogP contribution in [0, 0.1) is 17.0 Å². The van der Waals surface area contributed by atoms with Crippen molar-refractivity contribution in [1.82, 2.24) is 9.78 Å². The fourth-order valence-electron chi connectivity index (χ4n) is 4.09. The second-order valence-corrected chi connectivity index (χ2v) is 13.9. The van der Waals surface area contributed by atoms with Crippen LogP contribution in [0.25, 0.3) is 10.9 Å². The molecule has 7 nitrogen and oxygen atoms in total. The van der Waals surface area contributed by atoms with Crippen molar-refractivity contribution in [2.45, 2.75) is 52.7 Å². The van der Waals surface area contributed by atoms with Gasteiger partial charge in [0.25, 0.3) is 5.69 Å². The normalized spacial score (nSPS) is 13.4. The first-order valence-corrected chi connectivity index (χ1v) is 14.3. The zero-order valence-corrected chi connectivity index (χ0v) is 23.6. The van der Waals surface area contributed by atoms with E-state index >= 15 is 0 Å². The minimum atomic E-state index is -2.95. The van der Waals surface area contributed by atoms with Crippen LogP contribution in [0.5, 0.6) is 5.75 Å². The van der Waals surface area contributed by atoms with Gasteiger partial charge in [0.1, 0.15) is 11.2 Å². The number of fused-ring (bicyclic) bond motifs is 1. The summed E-state index contributed by atoms with van der Waals surface area (Å²) in [4.78, 5) is 11.2. The molecule has 0 amide bonds. The lowest BCUT2D eigenvalue weighted by Gasteiger charge is -2.37. The van der Waals surface area contributed by atoms with Gasteiger partial charge in [0.2, 0.25) is 0 Å². The molecular formula is C27H30BrN4O3P. The summed E-state index contributed by atoms with van der Waals surface area (Å²) >= 11 is 3.50. The van der Waals surface area contributed by atoms with Crippen LogP contribution in [-0.2, 0) is 6.54 Å². The number of hydrogen-bond donors (Lipinski definition) is 0. The lowest BCUT2D eigenvalue weighted by atomic mass is 10.2. The average molecular weight is 569 g/mol. The quantitative estimate of drug-likeness (QED) is 0.127. The predicted octanol–water partition coefficient (Wildman–Crippen LogP) is 8.38. The van der Waals surface area contributed by atoms with Crippen molar-refractivity contribution in [2.75, 3.05) is 0 Å². The molecule has 4 rings (SSSR count). The molecule has 0 fully saturated rings. The fraction of sp³-hybridized carbons (Fsp3) is 0.296. The van der Waals surface area contributed by atoms with Crippen LogP contribution >= 0.6 is 23.2 Å². The third kappa shape index (κ3) is 4.97. The number of aromatic nitrogens is 2. The molecule has 1 atom stereocenters. The van der Waals surface area contributed by atoms with Gasteiger partial charge >= 0.3 is 0 Å². The molecule has 0 unspecified atom stereocenters. The van der Waals surface area contributed by atoms with E-state index in [9.17, 15) is 10.1 Å². The van der Waals surface area contributed by atoms with Gasteiger partial charge in [-0.15, -0.1) is 0 Å². The molecular weight excluding hydrogens is 539 g/mol. The molecule has 0 aliphatic rings. The highest BCUT2D eigenvalue weighted by molar-refractivity contribution is 9.10. The number of halogens is 1. The Hall–Kier alpha value is -2.96.